The lowest BCUT2D eigenvalue weighted by atomic mass is 9.99. The van der Waals surface area contributed by atoms with Crippen molar-refractivity contribution in [3.8, 4) is 0 Å². The van der Waals surface area contributed by atoms with Gasteiger partial charge in [0.1, 0.15) is 11.3 Å². The Morgan fingerprint density at radius 3 is 2.68 bits per heavy atom. The van der Waals surface area contributed by atoms with E-state index in [2.05, 4.69) is 24.0 Å². The minimum Gasteiger partial charge on any atom is -0.461 e. The van der Waals surface area contributed by atoms with Crippen LogP contribution in [-0.2, 0) is 0 Å². The molecule has 0 bridgehead atoms. The maximum Gasteiger partial charge on any atom is 0.134 e. The van der Waals surface area contributed by atoms with E-state index >= 15 is 0 Å². The zero-order chi connectivity index (χ0) is 13.2. The summed E-state index contributed by atoms with van der Waals surface area (Å²) < 4.78 is 5.89. The summed E-state index contributed by atoms with van der Waals surface area (Å²) in [5.41, 5.74) is 8.34. The van der Waals surface area contributed by atoms with Crippen LogP contribution in [0.15, 0.2) is 28.7 Å². The number of fused-ring (bicyclic) bond motifs is 1. The Hall–Kier alpha value is -1.32. The predicted molar refractivity (Wildman–Crippen MR) is 78.2 cm³/mol. The number of hydrogen-bond acceptors (Lipinski definition) is 3. The monoisotopic (exact) mass is 258 g/mol. The summed E-state index contributed by atoms with van der Waals surface area (Å²) in [5.74, 6) is 1.02. The van der Waals surface area contributed by atoms with Gasteiger partial charge in [-0.25, -0.2) is 0 Å². The fraction of sp³-hybridized carbons (Fsp3) is 0.500. The molecule has 3 nitrogen and oxygen atoms in total. The number of para-hydroxylation sites is 1. The molecule has 3 heteroatoms. The first kappa shape index (κ1) is 12.7. The van der Waals surface area contributed by atoms with Crippen molar-refractivity contribution in [3.63, 3.8) is 0 Å². The van der Waals surface area contributed by atoms with E-state index < -0.39 is 0 Å². The summed E-state index contributed by atoms with van der Waals surface area (Å²) >= 11 is 0. The molecule has 1 aliphatic rings. The third-order valence-electron chi connectivity index (χ3n) is 4.21. The van der Waals surface area contributed by atoms with Gasteiger partial charge in [0.05, 0.1) is 6.04 Å². The van der Waals surface area contributed by atoms with E-state index in [1.807, 2.05) is 12.1 Å². The van der Waals surface area contributed by atoms with Gasteiger partial charge in [0, 0.05) is 17.5 Å². The Kier molecular flexibility index (Phi) is 3.58. The summed E-state index contributed by atoms with van der Waals surface area (Å²) in [5, 5.41) is 1.22. The van der Waals surface area contributed by atoms with Crippen LogP contribution in [0.25, 0.3) is 11.0 Å². The van der Waals surface area contributed by atoms with E-state index in [1.165, 1.54) is 30.2 Å². The summed E-state index contributed by atoms with van der Waals surface area (Å²) in [6, 6.07) is 8.57. The van der Waals surface area contributed by atoms with Crippen LogP contribution in [0.2, 0.25) is 0 Å². The number of aryl methyl sites for hydroxylation is 1. The fourth-order valence-corrected chi connectivity index (χ4v) is 3.28. The molecule has 1 unspecified atom stereocenters. The van der Waals surface area contributed by atoms with Gasteiger partial charge in [0.15, 0.2) is 0 Å². The standard InChI is InChI=1S/C16H22N2O/c1-12-16(13-7-3-4-8-15(13)19-12)14(11-17)18-9-5-2-6-10-18/h3-4,7-8,14H,2,5-6,9-11,17H2,1H3. The van der Waals surface area contributed by atoms with Crippen LogP contribution >= 0.6 is 0 Å². The normalized spacial score (nSPS) is 18.8. The number of rotatable bonds is 3. The second-order valence-electron chi connectivity index (χ2n) is 5.42. The first-order valence-corrected chi connectivity index (χ1v) is 7.23. The molecule has 102 valence electrons. The van der Waals surface area contributed by atoms with Gasteiger partial charge < -0.3 is 10.2 Å². The molecule has 0 amide bonds. The smallest absolute Gasteiger partial charge is 0.134 e. The Balaban J connectivity index is 2.02. The van der Waals surface area contributed by atoms with Crippen LogP contribution in [0.3, 0.4) is 0 Å². The maximum absolute atomic E-state index is 6.07. The maximum atomic E-state index is 6.07. The Morgan fingerprint density at radius 2 is 1.95 bits per heavy atom. The van der Waals surface area contributed by atoms with E-state index in [0.29, 0.717) is 12.6 Å². The molecule has 3 rings (SSSR count). The van der Waals surface area contributed by atoms with Crippen molar-refractivity contribution in [3.05, 3.63) is 35.6 Å². The first-order valence-electron chi connectivity index (χ1n) is 7.23. The Morgan fingerprint density at radius 1 is 1.21 bits per heavy atom. The number of piperidine rings is 1. The number of nitrogens with zero attached hydrogens (tertiary/aromatic N) is 1. The number of furan rings is 1. The first-order chi connectivity index (χ1) is 9.31. The van der Waals surface area contributed by atoms with Crippen molar-refractivity contribution in [1.82, 2.24) is 4.90 Å². The van der Waals surface area contributed by atoms with Gasteiger partial charge in [-0.1, -0.05) is 24.6 Å². The van der Waals surface area contributed by atoms with E-state index in [9.17, 15) is 0 Å². The van der Waals surface area contributed by atoms with Crippen LogP contribution < -0.4 is 5.73 Å². The molecule has 1 fully saturated rings. The molecule has 0 spiro atoms. The molecule has 0 radical (unpaired) electrons. The highest BCUT2D eigenvalue weighted by Crippen LogP contribution is 2.34. The molecule has 0 aliphatic carbocycles. The third kappa shape index (κ3) is 2.28. The largest absolute Gasteiger partial charge is 0.461 e. The number of benzene rings is 1. The van der Waals surface area contributed by atoms with Crippen molar-refractivity contribution in [2.45, 2.75) is 32.2 Å². The van der Waals surface area contributed by atoms with Gasteiger partial charge in [-0.05, 0) is 38.9 Å². The summed E-state index contributed by atoms with van der Waals surface area (Å²) in [7, 11) is 0. The fourth-order valence-electron chi connectivity index (χ4n) is 3.28. The van der Waals surface area contributed by atoms with Crippen molar-refractivity contribution < 1.29 is 4.42 Å². The average molecular weight is 258 g/mol. The van der Waals surface area contributed by atoms with Crippen LogP contribution in [-0.4, -0.2) is 24.5 Å². The van der Waals surface area contributed by atoms with Gasteiger partial charge in [0.2, 0.25) is 0 Å². The lowest BCUT2D eigenvalue weighted by molar-refractivity contribution is 0.167. The van der Waals surface area contributed by atoms with Crippen molar-refractivity contribution in [2.24, 2.45) is 5.73 Å². The summed E-state index contributed by atoms with van der Waals surface area (Å²) in [6.45, 7) is 5.02. The number of nitrogens with two attached hydrogens (primary N) is 1. The Labute approximate surface area is 114 Å². The van der Waals surface area contributed by atoms with E-state index in [0.717, 1.165) is 24.4 Å². The SMILES string of the molecule is Cc1oc2ccccc2c1C(CN)N1CCCCC1. The molecule has 1 aliphatic heterocycles. The highest BCUT2D eigenvalue weighted by Gasteiger charge is 2.26. The second-order valence-corrected chi connectivity index (χ2v) is 5.42. The van der Waals surface area contributed by atoms with Gasteiger partial charge in [0.25, 0.3) is 0 Å². The van der Waals surface area contributed by atoms with Gasteiger partial charge >= 0.3 is 0 Å². The molecule has 2 aromatic rings. The molecular formula is C16H22N2O. The molecule has 1 atom stereocenters. The lowest BCUT2D eigenvalue weighted by Crippen LogP contribution is -2.37. The minimum absolute atomic E-state index is 0.295. The molecule has 19 heavy (non-hydrogen) atoms. The average Bonchev–Trinajstić information content (AvgIpc) is 2.78. The molecule has 2 N–H and O–H groups in total. The van der Waals surface area contributed by atoms with Crippen molar-refractivity contribution in [2.75, 3.05) is 19.6 Å². The lowest BCUT2D eigenvalue weighted by Gasteiger charge is -2.34. The highest BCUT2D eigenvalue weighted by molar-refractivity contribution is 5.82. The molecule has 1 saturated heterocycles. The van der Waals surface area contributed by atoms with E-state index in [-0.39, 0.29) is 0 Å². The third-order valence-corrected chi connectivity index (χ3v) is 4.21. The Bertz CT molecular complexity index is 555. The van der Waals surface area contributed by atoms with Gasteiger partial charge in [-0.3, -0.25) is 4.90 Å². The van der Waals surface area contributed by atoms with Gasteiger partial charge in [-0.2, -0.15) is 0 Å². The highest BCUT2D eigenvalue weighted by atomic mass is 16.3. The predicted octanol–water partition coefficient (Wildman–Crippen LogP) is 3.23. The number of hydrogen-bond donors (Lipinski definition) is 1. The second kappa shape index (κ2) is 5.35. The van der Waals surface area contributed by atoms with Crippen LogP contribution in [0, 0.1) is 6.92 Å². The quantitative estimate of drug-likeness (QED) is 0.919. The van der Waals surface area contributed by atoms with Crippen molar-refractivity contribution in [1.29, 1.82) is 0 Å². The van der Waals surface area contributed by atoms with E-state index in [4.69, 9.17) is 10.2 Å². The van der Waals surface area contributed by atoms with E-state index in [1.54, 1.807) is 0 Å². The van der Waals surface area contributed by atoms with Crippen LogP contribution in [0.5, 0.6) is 0 Å². The molecule has 0 saturated carbocycles. The van der Waals surface area contributed by atoms with Gasteiger partial charge in [-0.15, -0.1) is 0 Å². The van der Waals surface area contributed by atoms with Crippen molar-refractivity contribution >= 4 is 11.0 Å². The molecular weight excluding hydrogens is 236 g/mol. The molecule has 1 aromatic carbocycles. The zero-order valence-electron chi connectivity index (χ0n) is 11.6. The molecule has 1 aromatic heterocycles. The van der Waals surface area contributed by atoms with Crippen LogP contribution in [0.1, 0.15) is 36.6 Å². The summed E-state index contributed by atoms with van der Waals surface area (Å²) in [6.07, 6.45) is 3.91. The zero-order valence-corrected chi connectivity index (χ0v) is 11.6. The topological polar surface area (TPSA) is 42.4 Å². The minimum atomic E-state index is 0.295. The number of likely N-dealkylation sites (tertiary alicyclic amines) is 1. The van der Waals surface area contributed by atoms with Crippen LogP contribution in [0.4, 0.5) is 0 Å². The molecule has 2 heterocycles. The summed E-state index contributed by atoms with van der Waals surface area (Å²) in [4.78, 5) is 2.52.